The molecule has 21 heavy (non-hydrogen) atoms. The van der Waals surface area contributed by atoms with E-state index in [4.69, 9.17) is 10.5 Å². The SMILES string of the molecule is COCCC1CCN(S(=O)(=O)c2cc(C(N)=O)cs2)CC1. The topological polar surface area (TPSA) is 89.7 Å². The van der Waals surface area contributed by atoms with Crippen LogP contribution < -0.4 is 5.73 Å². The average molecular weight is 332 g/mol. The third-order valence-electron chi connectivity index (χ3n) is 3.76. The van der Waals surface area contributed by atoms with Crippen LogP contribution in [0.2, 0.25) is 0 Å². The number of ether oxygens (including phenoxy) is 1. The van der Waals surface area contributed by atoms with Gasteiger partial charge in [-0.2, -0.15) is 4.31 Å². The molecule has 0 atom stereocenters. The molecule has 118 valence electrons. The zero-order chi connectivity index (χ0) is 15.5. The summed E-state index contributed by atoms with van der Waals surface area (Å²) in [7, 11) is -1.83. The normalized spacial score (nSPS) is 18.0. The van der Waals surface area contributed by atoms with Gasteiger partial charge in [0.05, 0.1) is 5.56 Å². The Morgan fingerprint density at radius 2 is 2.14 bits per heavy atom. The van der Waals surface area contributed by atoms with Crippen molar-refractivity contribution >= 4 is 27.3 Å². The number of methoxy groups -OCH3 is 1. The van der Waals surface area contributed by atoms with Crippen molar-refractivity contribution in [1.29, 1.82) is 0 Å². The molecule has 0 spiro atoms. The summed E-state index contributed by atoms with van der Waals surface area (Å²) in [5.41, 5.74) is 5.41. The molecular weight excluding hydrogens is 312 g/mol. The molecule has 0 unspecified atom stereocenters. The van der Waals surface area contributed by atoms with Crippen LogP contribution in [0.15, 0.2) is 15.7 Å². The first-order valence-electron chi connectivity index (χ1n) is 6.82. The zero-order valence-electron chi connectivity index (χ0n) is 11.9. The van der Waals surface area contributed by atoms with Gasteiger partial charge in [-0.15, -0.1) is 11.3 Å². The van der Waals surface area contributed by atoms with Gasteiger partial charge in [-0.3, -0.25) is 4.79 Å². The second-order valence-electron chi connectivity index (χ2n) is 5.15. The molecular formula is C13H20N2O4S2. The van der Waals surface area contributed by atoms with Crippen molar-refractivity contribution < 1.29 is 17.9 Å². The van der Waals surface area contributed by atoms with Gasteiger partial charge < -0.3 is 10.5 Å². The minimum absolute atomic E-state index is 0.187. The van der Waals surface area contributed by atoms with Crippen LogP contribution in [-0.2, 0) is 14.8 Å². The monoisotopic (exact) mass is 332 g/mol. The van der Waals surface area contributed by atoms with Crippen LogP contribution in [0.25, 0.3) is 0 Å². The molecule has 0 aromatic carbocycles. The first-order valence-corrected chi connectivity index (χ1v) is 9.14. The number of hydrogen-bond donors (Lipinski definition) is 1. The van der Waals surface area contributed by atoms with Crippen molar-refractivity contribution in [2.24, 2.45) is 11.7 Å². The van der Waals surface area contributed by atoms with Crippen LogP contribution in [0.1, 0.15) is 29.6 Å². The summed E-state index contributed by atoms with van der Waals surface area (Å²) >= 11 is 1.04. The Bertz CT molecular complexity index is 589. The molecule has 0 saturated carbocycles. The van der Waals surface area contributed by atoms with E-state index in [2.05, 4.69) is 0 Å². The number of carbonyl (C=O) groups is 1. The standard InChI is InChI=1S/C13H20N2O4S2/c1-19-7-4-10-2-5-15(6-3-10)21(17,18)12-8-11(9-20-12)13(14)16/h8-10H,2-7H2,1H3,(H2,14,16). The van der Waals surface area contributed by atoms with Crippen molar-refractivity contribution in [3.8, 4) is 0 Å². The van der Waals surface area contributed by atoms with Crippen LogP contribution in [0, 0.1) is 5.92 Å². The van der Waals surface area contributed by atoms with Gasteiger partial charge in [0.25, 0.3) is 10.0 Å². The van der Waals surface area contributed by atoms with Gasteiger partial charge in [0.2, 0.25) is 5.91 Å². The van der Waals surface area contributed by atoms with E-state index in [9.17, 15) is 13.2 Å². The van der Waals surface area contributed by atoms with Gasteiger partial charge in [0.1, 0.15) is 4.21 Å². The summed E-state index contributed by atoms with van der Waals surface area (Å²) in [6.07, 6.45) is 2.66. The predicted molar refractivity (Wildman–Crippen MR) is 80.8 cm³/mol. The van der Waals surface area contributed by atoms with E-state index in [1.807, 2.05) is 0 Å². The van der Waals surface area contributed by atoms with Crippen LogP contribution in [0.4, 0.5) is 0 Å². The Hall–Kier alpha value is -0.960. The van der Waals surface area contributed by atoms with E-state index in [1.54, 1.807) is 7.11 Å². The lowest BCUT2D eigenvalue weighted by molar-refractivity contribution is 0.100. The minimum atomic E-state index is -3.51. The third kappa shape index (κ3) is 3.82. The molecule has 1 aromatic heterocycles. The Kier molecular flexibility index (Phi) is 5.37. The smallest absolute Gasteiger partial charge is 0.252 e. The Labute approximate surface area is 128 Å². The number of hydrogen-bond acceptors (Lipinski definition) is 5. The van der Waals surface area contributed by atoms with E-state index < -0.39 is 15.9 Å². The highest BCUT2D eigenvalue weighted by Gasteiger charge is 2.30. The van der Waals surface area contributed by atoms with Crippen LogP contribution in [0.5, 0.6) is 0 Å². The quantitative estimate of drug-likeness (QED) is 0.850. The van der Waals surface area contributed by atoms with E-state index in [1.165, 1.54) is 15.8 Å². The van der Waals surface area contributed by atoms with Crippen molar-refractivity contribution in [1.82, 2.24) is 4.31 Å². The third-order valence-corrected chi connectivity index (χ3v) is 7.07. The molecule has 0 bridgehead atoms. The minimum Gasteiger partial charge on any atom is -0.385 e. The lowest BCUT2D eigenvalue weighted by Crippen LogP contribution is -2.38. The number of amides is 1. The second kappa shape index (κ2) is 6.87. The molecule has 6 nitrogen and oxygen atoms in total. The zero-order valence-corrected chi connectivity index (χ0v) is 13.6. The maximum absolute atomic E-state index is 12.5. The van der Waals surface area contributed by atoms with Crippen molar-refractivity contribution in [2.45, 2.75) is 23.5 Å². The number of piperidine rings is 1. The molecule has 2 rings (SSSR count). The molecule has 1 saturated heterocycles. The Balaban J connectivity index is 2.02. The lowest BCUT2D eigenvalue weighted by atomic mass is 9.95. The van der Waals surface area contributed by atoms with Crippen LogP contribution in [-0.4, -0.2) is 45.4 Å². The molecule has 1 fully saturated rings. The molecule has 2 heterocycles. The summed E-state index contributed by atoms with van der Waals surface area (Å²) in [5, 5.41) is 1.49. The van der Waals surface area contributed by atoms with Gasteiger partial charge in [-0.25, -0.2) is 8.42 Å². The summed E-state index contributed by atoms with van der Waals surface area (Å²) in [4.78, 5) is 11.1. The Morgan fingerprint density at radius 1 is 1.48 bits per heavy atom. The van der Waals surface area contributed by atoms with Gasteiger partial charge >= 0.3 is 0 Å². The van der Waals surface area contributed by atoms with Crippen molar-refractivity contribution in [3.05, 3.63) is 17.0 Å². The first-order chi connectivity index (χ1) is 9.95. The molecule has 1 amide bonds. The highest BCUT2D eigenvalue weighted by Crippen LogP contribution is 2.28. The summed E-state index contributed by atoms with van der Waals surface area (Å²) in [6.45, 7) is 1.74. The van der Waals surface area contributed by atoms with E-state index >= 15 is 0 Å². The van der Waals surface area contributed by atoms with Gasteiger partial charge in [0, 0.05) is 32.2 Å². The van der Waals surface area contributed by atoms with Crippen LogP contribution in [0.3, 0.4) is 0 Å². The lowest BCUT2D eigenvalue weighted by Gasteiger charge is -2.30. The maximum Gasteiger partial charge on any atom is 0.252 e. The summed E-state index contributed by atoms with van der Waals surface area (Å²) < 4.78 is 31.7. The summed E-state index contributed by atoms with van der Waals surface area (Å²) in [6, 6.07) is 1.36. The number of nitrogens with zero attached hydrogens (tertiary/aromatic N) is 1. The highest BCUT2D eigenvalue weighted by atomic mass is 32.2. The highest BCUT2D eigenvalue weighted by molar-refractivity contribution is 7.91. The number of thiophene rings is 1. The Morgan fingerprint density at radius 3 is 2.67 bits per heavy atom. The van der Waals surface area contributed by atoms with Crippen molar-refractivity contribution in [3.63, 3.8) is 0 Å². The van der Waals surface area contributed by atoms with Gasteiger partial charge in [0.15, 0.2) is 0 Å². The number of rotatable bonds is 6. The van der Waals surface area contributed by atoms with E-state index in [-0.39, 0.29) is 9.77 Å². The van der Waals surface area contributed by atoms with E-state index in [0.717, 1.165) is 30.6 Å². The molecule has 2 N–H and O–H groups in total. The number of sulfonamides is 1. The fourth-order valence-electron chi connectivity index (χ4n) is 2.43. The van der Waals surface area contributed by atoms with Gasteiger partial charge in [-0.1, -0.05) is 0 Å². The molecule has 1 aliphatic rings. The van der Waals surface area contributed by atoms with E-state index in [0.29, 0.717) is 25.6 Å². The molecule has 0 radical (unpaired) electrons. The average Bonchev–Trinajstić information content (AvgIpc) is 2.96. The largest absolute Gasteiger partial charge is 0.385 e. The fraction of sp³-hybridized carbons (Fsp3) is 0.615. The fourth-order valence-corrected chi connectivity index (χ4v) is 5.22. The molecule has 1 aromatic rings. The summed E-state index contributed by atoms with van der Waals surface area (Å²) in [5.74, 6) is -0.0908. The molecule has 8 heteroatoms. The van der Waals surface area contributed by atoms with Crippen LogP contribution >= 0.6 is 11.3 Å². The number of nitrogens with two attached hydrogens (primary N) is 1. The molecule has 0 aliphatic carbocycles. The first kappa shape index (κ1) is 16.4. The second-order valence-corrected chi connectivity index (χ2v) is 8.22. The van der Waals surface area contributed by atoms with Gasteiger partial charge in [-0.05, 0) is 31.2 Å². The number of primary amides is 1. The number of carbonyl (C=O) groups excluding carboxylic acids is 1. The predicted octanol–water partition coefficient (Wildman–Crippen LogP) is 1.28. The van der Waals surface area contributed by atoms with Crippen molar-refractivity contribution in [2.75, 3.05) is 26.8 Å². The maximum atomic E-state index is 12.5. The molecule has 1 aliphatic heterocycles.